The number of hydrogen-bond donors (Lipinski definition) is 0. The standard InChI is InChI=1S/C47H28N4S/c1-2-12-32-27-42-40(26-31(32)11-1)36-15-5-7-18-41(36)51(42)34-23-20-30(21-24-34)45-48-46(33-22-25-38-37-16-6-8-19-43(37)52-44(38)28-33)50-47(49-45)39-17-9-13-29-10-3-4-14-35(29)39/h1-28H. The van der Waals surface area contributed by atoms with E-state index in [4.69, 9.17) is 15.0 Å². The van der Waals surface area contributed by atoms with Gasteiger partial charge in [-0.3, -0.25) is 0 Å². The van der Waals surface area contributed by atoms with Crippen LogP contribution in [-0.2, 0) is 0 Å². The highest BCUT2D eigenvalue weighted by atomic mass is 32.1. The minimum Gasteiger partial charge on any atom is -0.309 e. The molecule has 8 aromatic carbocycles. The van der Waals surface area contributed by atoms with Gasteiger partial charge in [0.1, 0.15) is 0 Å². The zero-order chi connectivity index (χ0) is 34.2. The van der Waals surface area contributed by atoms with E-state index in [1.807, 2.05) is 0 Å². The van der Waals surface area contributed by atoms with Crippen LogP contribution in [0.5, 0.6) is 0 Å². The first-order valence-electron chi connectivity index (χ1n) is 17.4. The molecule has 0 aliphatic heterocycles. The van der Waals surface area contributed by atoms with Crippen molar-refractivity contribution in [1.82, 2.24) is 19.5 Å². The van der Waals surface area contributed by atoms with E-state index < -0.39 is 0 Å². The van der Waals surface area contributed by atoms with Crippen LogP contribution >= 0.6 is 11.3 Å². The first-order chi connectivity index (χ1) is 25.7. The molecule has 52 heavy (non-hydrogen) atoms. The molecule has 242 valence electrons. The molecule has 0 spiro atoms. The summed E-state index contributed by atoms with van der Waals surface area (Å²) < 4.78 is 4.86. The average Bonchev–Trinajstić information content (AvgIpc) is 3.74. The average molecular weight is 681 g/mol. The van der Waals surface area contributed by atoms with E-state index in [0.29, 0.717) is 17.5 Å². The molecule has 0 radical (unpaired) electrons. The largest absolute Gasteiger partial charge is 0.309 e. The highest BCUT2D eigenvalue weighted by molar-refractivity contribution is 7.25. The van der Waals surface area contributed by atoms with Gasteiger partial charge in [-0.2, -0.15) is 0 Å². The van der Waals surface area contributed by atoms with Crippen molar-refractivity contribution < 1.29 is 0 Å². The smallest absolute Gasteiger partial charge is 0.164 e. The first kappa shape index (κ1) is 29.1. The molecule has 0 N–H and O–H groups in total. The topological polar surface area (TPSA) is 43.6 Å². The Hall–Kier alpha value is -6.69. The number of aromatic nitrogens is 4. The molecule has 0 saturated carbocycles. The molecule has 5 heteroatoms. The second kappa shape index (κ2) is 11.4. The van der Waals surface area contributed by atoms with E-state index in [0.717, 1.165) is 33.2 Å². The van der Waals surface area contributed by atoms with Crippen LogP contribution in [0.15, 0.2) is 170 Å². The van der Waals surface area contributed by atoms with E-state index in [9.17, 15) is 0 Å². The lowest BCUT2D eigenvalue weighted by atomic mass is 10.0. The fourth-order valence-electron chi connectivity index (χ4n) is 7.73. The van der Waals surface area contributed by atoms with Gasteiger partial charge in [-0.25, -0.2) is 15.0 Å². The number of fused-ring (bicyclic) bond motifs is 8. The van der Waals surface area contributed by atoms with Crippen molar-refractivity contribution in [2.45, 2.75) is 0 Å². The molecule has 0 atom stereocenters. The zero-order valence-corrected chi connectivity index (χ0v) is 28.7. The van der Waals surface area contributed by atoms with Gasteiger partial charge in [0.15, 0.2) is 17.5 Å². The van der Waals surface area contributed by atoms with Gasteiger partial charge in [0, 0.05) is 53.3 Å². The van der Waals surface area contributed by atoms with Gasteiger partial charge in [-0.15, -0.1) is 11.3 Å². The molecule has 11 aromatic rings. The van der Waals surface area contributed by atoms with E-state index >= 15 is 0 Å². The van der Waals surface area contributed by atoms with Crippen LogP contribution in [0.4, 0.5) is 0 Å². The lowest BCUT2D eigenvalue weighted by Gasteiger charge is -2.12. The lowest BCUT2D eigenvalue weighted by Crippen LogP contribution is -2.01. The molecule has 3 heterocycles. The summed E-state index contributed by atoms with van der Waals surface area (Å²) in [6, 6.07) is 60.4. The Morgan fingerprint density at radius 1 is 0.365 bits per heavy atom. The molecule has 0 fully saturated rings. The van der Waals surface area contributed by atoms with Gasteiger partial charge in [0.2, 0.25) is 0 Å². The minimum absolute atomic E-state index is 0.643. The van der Waals surface area contributed by atoms with Gasteiger partial charge in [-0.1, -0.05) is 115 Å². The van der Waals surface area contributed by atoms with Gasteiger partial charge in [0.05, 0.1) is 11.0 Å². The maximum Gasteiger partial charge on any atom is 0.164 e. The third-order valence-electron chi connectivity index (χ3n) is 10.2. The lowest BCUT2D eigenvalue weighted by molar-refractivity contribution is 1.08. The van der Waals surface area contributed by atoms with Crippen LogP contribution in [-0.4, -0.2) is 19.5 Å². The summed E-state index contributed by atoms with van der Waals surface area (Å²) in [5.41, 5.74) is 6.34. The van der Waals surface area contributed by atoms with Gasteiger partial charge < -0.3 is 4.57 Å². The Morgan fingerprint density at radius 2 is 0.981 bits per heavy atom. The quantitative estimate of drug-likeness (QED) is 0.186. The maximum absolute atomic E-state index is 5.15. The van der Waals surface area contributed by atoms with Gasteiger partial charge in [-0.05, 0) is 76.1 Å². The fraction of sp³-hybridized carbons (Fsp3) is 0. The molecular formula is C47H28N4S. The maximum atomic E-state index is 5.15. The number of hydrogen-bond acceptors (Lipinski definition) is 4. The molecule has 11 rings (SSSR count). The highest BCUT2D eigenvalue weighted by Gasteiger charge is 2.17. The highest BCUT2D eigenvalue weighted by Crippen LogP contribution is 2.38. The number of para-hydroxylation sites is 1. The summed E-state index contributed by atoms with van der Waals surface area (Å²) in [5, 5.41) is 9.75. The van der Waals surface area contributed by atoms with Gasteiger partial charge in [0.25, 0.3) is 0 Å². The first-order valence-corrected chi connectivity index (χ1v) is 18.3. The van der Waals surface area contributed by atoms with Crippen molar-refractivity contribution in [3.8, 4) is 39.9 Å². The Morgan fingerprint density at radius 3 is 1.83 bits per heavy atom. The van der Waals surface area contributed by atoms with Crippen molar-refractivity contribution in [3.05, 3.63) is 170 Å². The van der Waals surface area contributed by atoms with Crippen LogP contribution in [0.1, 0.15) is 0 Å². The van der Waals surface area contributed by atoms with Crippen molar-refractivity contribution in [3.63, 3.8) is 0 Å². The molecule has 0 aliphatic rings. The number of rotatable bonds is 4. The van der Waals surface area contributed by atoms with Crippen molar-refractivity contribution in [2.24, 2.45) is 0 Å². The summed E-state index contributed by atoms with van der Waals surface area (Å²) in [4.78, 5) is 15.4. The Balaban J connectivity index is 1.09. The van der Waals surface area contributed by atoms with E-state index in [2.05, 4.69) is 174 Å². The summed E-state index contributed by atoms with van der Waals surface area (Å²) in [6.45, 7) is 0. The van der Waals surface area contributed by atoms with E-state index in [1.165, 1.54) is 52.8 Å². The molecule has 3 aromatic heterocycles. The Bertz CT molecular complexity index is 3190. The van der Waals surface area contributed by atoms with Crippen LogP contribution < -0.4 is 0 Å². The van der Waals surface area contributed by atoms with Crippen molar-refractivity contribution in [2.75, 3.05) is 0 Å². The third-order valence-corrected chi connectivity index (χ3v) is 11.4. The van der Waals surface area contributed by atoms with Gasteiger partial charge >= 0.3 is 0 Å². The second-order valence-electron chi connectivity index (χ2n) is 13.3. The zero-order valence-electron chi connectivity index (χ0n) is 27.9. The molecule has 0 unspecified atom stereocenters. The summed E-state index contributed by atoms with van der Waals surface area (Å²) in [5.74, 6) is 1.96. The Labute approximate surface area is 302 Å². The van der Waals surface area contributed by atoms with Crippen molar-refractivity contribution in [1.29, 1.82) is 0 Å². The SMILES string of the molecule is c1ccc2cc3c(cc2c1)c1ccccc1n3-c1ccc(-c2nc(-c3ccc4c(c3)sc3ccccc34)nc(-c3cccc4ccccc34)n2)cc1. The predicted octanol–water partition coefficient (Wildman–Crippen LogP) is 12.6. The van der Waals surface area contributed by atoms with Crippen LogP contribution in [0.2, 0.25) is 0 Å². The van der Waals surface area contributed by atoms with E-state index in [-0.39, 0.29) is 0 Å². The van der Waals surface area contributed by atoms with E-state index in [1.54, 1.807) is 11.3 Å². The summed E-state index contributed by atoms with van der Waals surface area (Å²) in [7, 11) is 0. The monoisotopic (exact) mass is 680 g/mol. The number of thiophene rings is 1. The number of nitrogens with zero attached hydrogens (tertiary/aromatic N) is 4. The van der Waals surface area contributed by atoms with Crippen LogP contribution in [0, 0.1) is 0 Å². The molecule has 0 aliphatic carbocycles. The molecule has 0 saturated heterocycles. The summed E-state index contributed by atoms with van der Waals surface area (Å²) >= 11 is 1.80. The van der Waals surface area contributed by atoms with Crippen molar-refractivity contribution >= 4 is 74.9 Å². The Kier molecular flexibility index (Phi) is 6.39. The predicted molar refractivity (Wildman–Crippen MR) is 218 cm³/mol. The summed E-state index contributed by atoms with van der Waals surface area (Å²) in [6.07, 6.45) is 0. The number of benzene rings is 8. The minimum atomic E-state index is 0.643. The van der Waals surface area contributed by atoms with Crippen LogP contribution in [0.3, 0.4) is 0 Å². The molecular weight excluding hydrogens is 653 g/mol. The third kappa shape index (κ3) is 4.57. The molecule has 4 nitrogen and oxygen atoms in total. The second-order valence-corrected chi connectivity index (χ2v) is 14.3. The molecule has 0 bridgehead atoms. The fourth-order valence-corrected chi connectivity index (χ4v) is 8.88. The normalized spacial score (nSPS) is 11.8. The van der Waals surface area contributed by atoms with Crippen LogP contribution in [0.25, 0.3) is 103 Å². The molecule has 0 amide bonds.